The van der Waals surface area contributed by atoms with Crippen LogP contribution in [0.2, 0.25) is 5.02 Å². The number of carbonyl (C=O) groups is 2. The third-order valence-corrected chi connectivity index (χ3v) is 7.03. The number of anilines is 1. The van der Waals surface area contributed by atoms with Crippen molar-refractivity contribution in [2.45, 2.75) is 19.4 Å². The van der Waals surface area contributed by atoms with Gasteiger partial charge in [0.2, 0.25) is 5.91 Å². The largest absolute Gasteiger partial charge is 0.457 e. The van der Waals surface area contributed by atoms with Gasteiger partial charge in [-0.2, -0.15) is 5.26 Å². The van der Waals surface area contributed by atoms with Crippen molar-refractivity contribution in [2.75, 3.05) is 11.1 Å². The molecular weight excluding hydrogens is 525 g/mol. The first-order chi connectivity index (χ1) is 18.4. The Morgan fingerprint density at radius 2 is 1.76 bits per heavy atom. The van der Waals surface area contributed by atoms with E-state index in [0.717, 1.165) is 17.3 Å². The molecule has 3 aromatic rings. The number of esters is 1. The van der Waals surface area contributed by atoms with Gasteiger partial charge < -0.3 is 15.4 Å². The lowest BCUT2D eigenvalue weighted by Gasteiger charge is -2.29. The van der Waals surface area contributed by atoms with E-state index in [2.05, 4.69) is 16.7 Å². The molecule has 0 aliphatic carbocycles. The second-order valence-electron chi connectivity index (χ2n) is 8.41. The molecule has 0 spiro atoms. The van der Waals surface area contributed by atoms with Crippen molar-refractivity contribution in [3.05, 3.63) is 123 Å². The van der Waals surface area contributed by atoms with Gasteiger partial charge in [0.1, 0.15) is 12.4 Å². The van der Waals surface area contributed by atoms with Gasteiger partial charge >= 0.3 is 5.97 Å². The zero-order valence-electron chi connectivity index (χ0n) is 20.3. The topological polar surface area (TPSA) is 91.2 Å². The number of thioether (sulfide) groups is 1. The number of nitriles is 1. The summed E-state index contributed by atoms with van der Waals surface area (Å²) in [5.74, 6) is -2.01. The molecule has 1 amide bonds. The molecule has 0 radical (unpaired) electrons. The fourth-order valence-electron chi connectivity index (χ4n) is 3.95. The van der Waals surface area contributed by atoms with Crippen LogP contribution in [0.5, 0.6) is 0 Å². The number of dihydropyridines is 1. The van der Waals surface area contributed by atoms with Crippen LogP contribution in [0.3, 0.4) is 0 Å². The van der Waals surface area contributed by atoms with E-state index in [1.165, 1.54) is 24.3 Å². The van der Waals surface area contributed by atoms with Gasteiger partial charge in [-0.15, -0.1) is 0 Å². The van der Waals surface area contributed by atoms with E-state index >= 15 is 0 Å². The van der Waals surface area contributed by atoms with Crippen LogP contribution >= 0.6 is 23.4 Å². The van der Waals surface area contributed by atoms with Crippen LogP contribution in [0.4, 0.5) is 10.1 Å². The highest BCUT2D eigenvalue weighted by Gasteiger charge is 2.35. The van der Waals surface area contributed by atoms with Gasteiger partial charge in [-0.25, -0.2) is 9.18 Å². The predicted octanol–water partition coefficient (Wildman–Crippen LogP) is 6.29. The summed E-state index contributed by atoms with van der Waals surface area (Å²) in [5.41, 5.74) is 3.09. The molecule has 2 N–H and O–H groups in total. The number of ether oxygens (including phenoxy) is 1. The highest BCUT2D eigenvalue weighted by molar-refractivity contribution is 8.03. The van der Waals surface area contributed by atoms with Crippen LogP contribution in [0.1, 0.15) is 24.0 Å². The molecule has 1 aliphatic rings. The standard InChI is InChI=1S/C29H23ClFN3O3S/c1-18-26(29(36)37-16-19-5-3-2-4-6-19)27(20-7-9-21(30)10-8-20)24(15-32)28(33-18)38-17-25(35)34-23-13-11-22(31)12-14-23/h2-14,27,33H,16-17H2,1H3,(H,34,35)/t27-/m1/s1. The lowest BCUT2D eigenvalue weighted by Crippen LogP contribution is -2.29. The van der Waals surface area contributed by atoms with Crippen molar-refractivity contribution in [2.24, 2.45) is 0 Å². The Bertz CT molecular complexity index is 1430. The van der Waals surface area contributed by atoms with Crippen molar-refractivity contribution >= 4 is 40.9 Å². The van der Waals surface area contributed by atoms with Crippen molar-refractivity contribution in [1.29, 1.82) is 5.26 Å². The van der Waals surface area contributed by atoms with Gasteiger partial charge in [0.25, 0.3) is 0 Å². The number of benzene rings is 3. The van der Waals surface area contributed by atoms with E-state index in [1.54, 1.807) is 31.2 Å². The molecule has 9 heteroatoms. The molecule has 1 atom stereocenters. The second-order valence-corrected chi connectivity index (χ2v) is 9.83. The first kappa shape index (κ1) is 27.0. The molecule has 1 aliphatic heterocycles. The number of hydrogen-bond acceptors (Lipinski definition) is 6. The first-order valence-corrected chi connectivity index (χ1v) is 13.0. The van der Waals surface area contributed by atoms with Crippen molar-refractivity contribution < 1.29 is 18.7 Å². The second kappa shape index (κ2) is 12.5. The zero-order valence-corrected chi connectivity index (χ0v) is 21.9. The van der Waals surface area contributed by atoms with Crippen LogP contribution in [0.15, 0.2) is 101 Å². The smallest absolute Gasteiger partial charge is 0.337 e. The highest BCUT2D eigenvalue weighted by atomic mass is 35.5. The highest BCUT2D eigenvalue weighted by Crippen LogP contribution is 2.41. The number of nitrogens with zero attached hydrogens (tertiary/aromatic N) is 1. The summed E-state index contributed by atoms with van der Waals surface area (Å²) >= 11 is 7.23. The Labute approximate surface area is 229 Å². The quantitative estimate of drug-likeness (QED) is 0.322. The summed E-state index contributed by atoms with van der Waals surface area (Å²) < 4.78 is 18.8. The molecule has 0 aromatic heterocycles. The summed E-state index contributed by atoms with van der Waals surface area (Å²) in [4.78, 5) is 25.9. The maximum Gasteiger partial charge on any atom is 0.337 e. The number of nitrogens with one attached hydrogen (secondary N) is 2. The fourth-order valence-corrected chi connectivity index (χ4v) is 4.97. The Kier molecular flexibility index (Phi) is 8.85. The third-order valence-electron chi connectivity index (χ3n) is 5.76. The fraction of sp³-hybridized carbons (Fsp3) is 0.138. The molecule has 6 nitrogen and oxygen atoms in total. The third kappa shape index (κ3) is 6.62. The minimum absolute atomic E-state index is 0.0146. The minimum Gasteiger partial charge on any atom is -0.457 e. The molecule has 3 aromatic carbocycles. The van der Waals surface area contributed by atoms with Crippen LogP contribution < -0.4 is 10.6 Å². The maximum absolute atomic E-state index is 13.3. The summed E-state index contributed by atoms with van der Waals surface area (Å²) in [7, 11) is 0. The van der Waals surface area contributed by atoms with E-state index in [4.69, 9.17) is 16.3 Å². The summed E-state index contributed by atoms with van der Waals surface area (Å²) in [5, 5.41) is 17.0. The van der Waals surface area contributed by atoms with Crippen molar-refractivity contribution in [3.63, 3.8) is 0 Å². The van der Waals surface area contributed by atoms with Crippen molar-refractivity contribution in [1.82, 2.24) is 5.32 Å². The molecule has 0 fully saturated rings. The van der Waals surface area contributed by atoms with Crippen LogP contribution in [-0.4, -0.2) is 17.6 Å². The Morgan fingerprint density at radius 3 is 2.42 bits per heavy atom. The summed E-state index contributed by atoms with van der Waals surface area (Å²) in [6, 6.07) is 23.9. The number of amides is 1. The van der Waals surface area contributed by atoms with Gasteiger partial charge in [0, 0.05) is 16.4 Å². The Morgan fingerprint density at radius 1 is 1.08 bits per heavy atom. The van der Waals surface area contributed by atoms with Gasteiger partial charge in [-0.05, 0) is 54.4 Å². The lowest BCUT2D eigenvalue weighted by molar-refractivity contribution is -0.140. The van der Waals surface area contributed by atoms with E-state index in [1.807, 2.05) is 30.3 Å². The molecule has 192 valence electrons. The van der Waals surface area contributed by atoms with Crippen LogP contribution in [0.25, 0.3) is 0 Å². The SMILES string of the molecule is CC1=C(C(=O)OCc2ccccc2)[C@H](c2ccc(Cl)cc2)C(C#N)=C(SCC(=O)Nc2ccc(F)cc2)N1. The van der Waals surface area contributed by atoms with Gasteiger partial charge in [0.05, 0.1) is 33.9 Å². The van der Waals surface area contributed by atoms with Crippen molar-refractivity contribution in [3.8, 4) is 6.07 Å². The van der Waals surface area contributed by atoms with E-state index in [-0.39, 0.29) is 23.8 Å². The molecular formula is C29H23ClFN3O3S. The Balaban J connectivity index is 1.58. The number of allylic oxidation sites excluding steroid dienone is 2. The molecule has 0 saturated carbocycles. The van der Waals surface area contributed by atoms with Crippen LogP contribution in [-0.2, 0) is 20.9 Å². The molecule has 0 unspecified atom stereocenters. The molecule has 4 rings (SSSR count). The van der Waals surface area contributed by atoms with Gasteiger partial charge in [-0.3, -0.25) is 4.79 Å². The summed E-state index contributed by atoms with van der Waals surface area (Å²) in [6.07, 6.45) is 0. The number of carbonyl (C=O) groups excluding carboxylic acids is 2. The average Bonchev–Trinajstić information content (AvgIpc) is 2.92. The van der Waals surface area contributed by atoms with E-state index < -0.39 is 17.7 Å². The normalized spacial score (nSPS) is 14.9. The summed E-state index contributed by atoms with van der Waals surface area (Å²) in [6.45, 7) is 1.82. The molecule has 1 heterocycles. The number of rotatable bonds is 8. The number of halogens is 2. The zero-order chi connectivity index (χ0) is 27.1. The Hall–Kier alpha value is -4.06. The van der Waals surface area contributed by atoms with Crippen LogP contribution in [0, 0.1) is 17.1 Å². The number of hydrogen-bond donors (Lipinski definition) is 2. The lowest BCUT2D eigenvalue weighted by atomic mass is 9.82. The molecule has 38 heavy (non-hydrogen) atoms. The average molecular weight is 548 g/mol. The molecule has 0 saturated heterocycles. The van der Waals surface area contributed by atoms with E-state index in [0.29, 0.717) is 32.6 Å². The van der Waals surface area contributed by atoms with E-state index in [9.17, 15) is 19.2 Å². The first-order valence-electron chi connectivity index (χ1n) is 11.6. The molecule has 0 bridgehead atoms. The maximum atomic E-state index is 13.3. The van der Waals surface area contributed by atoms with Gasteiger partial charge in [0.15, 0.2) is 0 Å². The monoisotopic (exact) mass is 547 g/mol. The minimum atomic E-state index is -0.718. The van der Waals surface area contributed by atoms with Gasteiger partial charge in [-0.1, -0.05) is 65.8 Å². The predicted molar refractivity (Wildman–Crippen MR) is 146 cm³/mol.